The predicted molar refractivity (Wildman–Crippen MR) is 83.0 cm³/mol. The topological polar surface area (TPSA) is 69.6 Å². The molecule has 0 bridgehead atoms. The maximum Gasteiger partial charge on any atom is 0.327 e. The molecule has 7 heteroatoms. The van der Waals surface area contributed by atoms with Crippen molar-refractivity contribution in [2.45, 2.75) is 24.8 Å². The molecule has 5 nitrogen and oxygen atoms in total. The lowest BCUT2D eigenvalue weighted by atomic mass is 10.2. The molecular formula is C13H15BrN2O3S. The smallest absolute Gasteiger partial charge is 0.327 e. The minimum atomic E-state index is -0.960. The molecule has 108 valence electrons. The summed E-state index contributed by atoms with van der Waals surface area (Å²) in [7, 11) is 0. The van der Waals surface area contributed by atoms with Crippen molar-refractivity contribution in [2.24, 2.45) is 0 Å². The van der Waals surface area contributed by atoms with E-state index in [1.807, 2.05) is 19.1 Å². The number of carbonyl (C=O) groups excluding carboxylic acids is 1. The summed E-state index contributed by atoms with van der Waals surface area (Å²) in [6.07, 6.45) is 0.723. The molecule has 0 spiro atoms. The van der Waals surface area contributed by atoms with Gasteiger partial charge in [0.1, 0.15) is 6.04 Å². The number of hydrogen-bond donors (Lipinski definition) is 2. The lowest BCUT2D eigenvalue weighted by molar-refractivity contribution is -0.141. The molecule has 1 aromatic rings. The summed E-state index contributed by atoms with van der Waals surface area (Å²) in [4.78, 5) is 25.0. The number of thioether (sulfide) groups is 1. The van der Waals surface area contributed by atoms with Gasteiger partial charge in [0, 0.05) is 15.9 Å². The zero-order chi connectivity index (χ0) is 14.7. The number of amides is 2. The highest BCUT2D eigenvalue weighted by Crippen LogP contribution is 2.32. The summed E-state index contributed by atoms with van der Waals surface area (Å²) in [6, 6.07) is 6.07. The number of carbonyl (C=O) groups is 2. The Kier molecular flexibility index (Phi) is 4.93. The van der Waals surface area contributed by atoms with Crippen molar-refractivity contribution >= 4 is 45.4 Å². The van der Waals surface area contributed by atoms with Gasteiger partial charge in [-0.2, -0.15) is 0 Å². The Morgan fingerprint density at radius 3 is 2.90 bits per heavy atom. The number of halogens is 1. The van der Waals surface area contributed by atoms with E-state index in [1.165, 1.54) is 16.7 Å². The summed E-state index contributed by atoms with van der Waals surface area (Å²) < 4.78 is 0.855. The highest BCUT2D eigenvalue weighted by Gasteiger charge is 2.40. The average molecular weight is 359 g/mol. The van der Waals surface area contributed by atoms with Crippen molar-refractivity contribution < 1.29 is 14.7 Å². The van der Waals surface area contributed by atoms with Crippen LogP contribution in [-0.4, -0.2) is 39.2 Å². The Morgan fingerprint density at radius 2 is 2.30 bits per heavy atom. The summed E-state index contributed by atoms with van der Waals surface area (Å²) in [6.45, 7) is 1.95. The zero-order valence-electron chi connectivity index (χ0n) is 10.9. The third kappa shape index (κ3) is 3.27. The van der Waals surface area contributed by atoms with Crippen molar-refractivity contribution in [1.29, 1.82) is 0 Å². The minimum Gasteiger partial charge on any atom is -0.480 e. The van der Waals surface area contributed by atoms with E-state index in [1.54, 1.807) is 12.1 Å². The van der Waals surface area contributed by atoms with Gasteiger partial charge in [-0.3, -0.25) is 4.90 Å². The van der Waals surface area contributed by atoms with Gasteiger partial charge in [0.2, 0.25) is 0 Å². The van der Waals surface area contributed by atoms with Gasteiger partial charge in [0.15, 0.2) is 0 Å². The van der Waals surface area contributed by atoms with Crippen molar-refractivity contribution in [3.8, 4) is 0 Å². The first kappa shape index (κ1) is 15.2. The number of urea groups is 1. The lowest BCUT2D eigenvalue weighted by Gasteiger charge is -2.26. The lowest BCUT2D eigenvalue weighted by Crippen LogP contribution is -2.47. The zero-order valence-corrected chi connectivity index (χ0v) is 13.3. The van der Waals surface area contributed by atoms with Gasteiger partial charge >= 0.3 is 12.0 Å². The number of carboxylic acids is 1. The predicted octanol–water partition coefficient (Wildman–Crippen LogP) is 3.22. The van der Waals surface area contributed by atoms with Crippen LogP contribution in [0.25, 0.3) is 0 Å². The van der Waals surface area contributed by atoms with Crippen molar-refractivity contribution in [1.82, 2.24) is 4.90 Å². The highest BCUT2D eigenvalue weighted by atomic mass is 79.9. The molecular weight excluding hydrogens is 344 g/mol. The van der Waals surface area contributed by atoms with Crippen LogP contribution in [0.4, 0.5) is 10.5 Å². The first-order chi connectivity index (χ1) is 9.52. The second-order valence-electron chi connectivity index (χ2n) is 4.40. The first-order valence-electron chi connectivity index (χ1n) is 6.22. The van der Waals surface area contributed by atoms with Crippen molar-refractivity contribution in [3.05, 3.63) is 28.7 Å². The Balaban J connectivity index is 2.15. The van der Waals surface area contributed by atoms with E-state index in [0.29, 0.717) is 11.4 Å². The van der Waals surface area contributed by atoms with Gasteiger partial charge in [-0.1, -0.05) is 28.9 Å². The molecule has 2 N–H and O–H groups in total. The van der Waals surface area contributed by atoms with Crippen LogP contribution in [-0.2, 0) is 4.79 Å². The molecule has 2 atom stereocenters. The number of aliphatic carboxylic acids is 1. The van der Waals surface area contributed by atoms with Crippen LogP contribution >= 0.6 is 27.7 Å². The fourth-order valence-corrected chi connectivity index (χ4v) is 3.84. The molecule has 1 fully saturated rings. The molecule has 2 unspecified atom stereocenters. The van der Waals surface area contributed by atoms with Crippen LogP contribution in [0.5, 0.6) is 0 Å². The van der Waals surface area contributed by atoms with E-state index in [4.69, 9.17) is 0 Å². The van der Waals surface area contributed by atoms with Crippen LogP contribution in [0.3, 0.4) is 0 Å². The molecule has 2 rings (SSSR count). The number of hydrogen-bond acceptors (Lipinski definition) is 3. The number of benzene rings is 1. The number of nitrogens with one attached hydrogen (secondary N) is 1. The molecule has 0 saturated carbocycles. The van der Waals surface area contributed by atoms with E-state index in [0.717, 1.165) is 10.9 Å². The Labute approximate surface area is 129 Å². The standard InChI is InChI=1S/C13H15BrN2O3S/c1-2-11-16(10(7-20-11)12(17)18)13(19)15-9-5-3-4-8(14)6-9/h3-6,10-11H,2,7H2,1H3,(H,15,19)(H,17,18). The first-order valence-corrected chi connectivity index (χ1v) is 8.06. The van der Waals surface area contributed by atoms with Gasteiger partial charge < -0.3 is 10.4 Å². The number of carboxylic acid groups (broad SMARTS) is 1. The molecule has 2 amide bonds. The number of rotatable bonds is 3. The number of nitrogens with zero attached hydrogens (tertiary/aromatic N) is 1. The molecule has 1 aliphatic rings. The SMILES string of the molecule is CCC1SCC(C(=O)O)N1C(=O)Nc1cccc(Br)c1. The van der Waals surface area contributed by atoms with Crippen molar-refractivity contribution in [3.63, 3.8) is 0 Å². The van der Waals surface area contributed by atoms with Gasteiger partial charge in [-0.15, -0.1) is 11.8 Å². The van der Waals surface area contributed by atoms with Crippen LogP contribution in [0.15, 0.2) is 28.7 Å². The maximum absolute atomic E-state index is 12.3. The van der Waals surface area contributed by atoms with Crippen LogP contribution in [0.2, 0.25) is 0 Å². The Hall–Kier alpha value is -1.21. The second-order valence-corrected chi connectivity index (χ2v) is 6.52. The second kappa shape index (κ2) is 6.49. The van der Waals surface area contributed by atoms with Gasteiger partial charge in [0.25, 0.3) is 0 Å². The van der Waals surface area contributed by atoms with Crippen LogP contribution < -0.4 is 5.32 Å². The quantitative estimate of drug-likeness (QED) is 0.870. The third-order valence-electron chi connectivity index (χ3n) is 3.04. The molecule has 0 aliphatic carbocycles. The van der Waals surface area contributed by atoms with Crippen LogP contribution in [0, 0.1) is 0 Å². The van der Waals surface area contributed by atoms with E-state index >= 15 is 0 Å². The van der Waals surface area contributed by atoms with E-state index < -0.39 is 12.0 Å². The number of anilines is 1. The van der Waals surface area contributed by atoms with Crippen LogP contribution in [0.1, 0.15) is 13.3 Å². The van der Waals surface area contributed by atoms with Crippen molar-refractivity contribution in [2.75, 3.05) is 11.1 Å². The summed E-state index contributed by atoms with van der Waals surface area (Å²) >= 11 is 4.84. The molecule has 1 saturated heterocycles. The minimum absolute atomic E-state index is 0.0942. The summed E-state index contributed by atoms with van der Waals surface area (Å²) in [5.41, 5.74) is 0.639. The van der Waals surface area contributed by atoms with Gasteiger partial charge in [0.05, 0.1) is 5.37 Å². The fraction of sp³-hybridized carbons (Fsp3) is 0.385. The summed E-state index contributed by atoms with van der Waals surface area (Å²) in [5, 5.41) is 11.9. The molecule has 1 aliphatic heterocycles. The third-order valence-corrected chi connectivity index (χ3v) is 4.98. The Morgan fingerprint density at radius 1 is 1.55 bits per heavy atom. The molecule has 1 aromatic carbocycles. The van der Waals surface area contributed by atoms with Gasteiger partial charge in [-0.25, -0.2) is 9.59 Å². The summed E-state index contributed by atoms with van der Waals surface area (Å²) in [5.74, 6) is -0.530. The molecule has 20 heavy (non-hydrogen) atoms. The maximum atomic E-state index is 12.3. The molecule has 1 heterocycles. The largest absolute Gasteiger partial charge is 0.480 e. The monoisotopic (exact) mass is 358 g/mol. The normalized spacial score (nSPS) is 21.8. The van der Waals surface area contributed by atoms with E-state index in [-0.39, 0.29) is 11.4 Å². The highest BCUT2D eigenvalue weighted by molar-refractivity contribution is 9.10. The molecule has 0 radical (unpaired) electrons. The molecule has 0 aromatic heterocycles. The Bertz CT molecular complexity index is 526. The van der Waals surface area contributed by atoms with Gasteiger partial charge in [-0.05, 0) is 24.6 Å². The average Bonchev–Trinajstić information content (AvgIpc) is 2.82. The van der Waals surface area contributed by atoms with E-state index in [2.05, 4.69) is 21.2 Å². The van der Waals surface area contributed by atoms with E-state index in [9.17, 15) is 14.7 Å². The fourth-order valence-electron chi connectivity index (χ4n) is 2.09.